The number of ether oxygens (including phenoxy) is 6. The van der Waals surface area contributed by atoms with Crippen LogP contribution >= 0.6 is 0 Å². The van der Waals surface area contributed by atoms with Gasteiger partial charge < -0.3 is 32.8 Å². The smallest absolute Gasteiger partial charge is 0.261 e. The Morgan fingerprint density at radius 2 is 0.718 bits per heavy atom. The number of rotatable bonds is 28. The van der Waals surface area contributed by atoms with Crippen LogP contribution in [0.2, 0.25) is 5.04 Å². The fourth-order valence-electron chi connectivity index (χ4n) is 11.1. The molecule has 404 valence electrons. The third-order valence-electron chi connectivity index (χ3n) is 15.0. The molecule has 0 amide bonds. The standard InChI is InChI=1S/C70H78O7Si/c1-69(2,3)78(62-46-28-14-29-47-62,63-48-30-15-31-49-63)76-51-33-7-5-4-6-32-50-71-68-67(74-54-58-38-20-10-21-39-58)66(73-53-57-36-18-9-19-37-57)65(72-52-56-34-16-8-17-35-56)64(77-68)55-75-70(59-40-22-11-23-41-59,60-42-24-12-25-43-60)61-44-26-13-27-45-61/h8-31,34-49,64-68H,4-7,32-33,50-55H2,1-3H3/t64-,65-,66+,67-,68-/m1/s1. The lowest BCUT2D eigenvalue weighted by atomic mass is 9.80. The van der Waals surface area contributed by atoms with Crippen molar-refractivity contribution < 1.29 is 32.8 Å². The van der Waals surface area contributed by atoms with Crippen LogP contribution in [0.1, 0.15) is 92.7 Å². The van der Waals surface area contributed by atoms with E-state index in [-0.39, 0.29) is 11.6 Å². The van der Waals surface area contributed by atoms with Crippen LogP contribution in [0.25, 0.3) is 0 Å². The first-order chi connectivity index (χ1) is 38.3. The first kappa shape index (κ1) is 56.4. The molecule has 8 heteroatoms. The number of unbranched alkanes of at least 4 members (excludes halogenated alkanes) is 5. The fraction of sp³-hybridized carbons (Fsp3) is 0.314. The second-order valence-corrected chi connectivity index (χ2v) is 25.7. The lowest BCUT2D eigenvalue weighted by Crippen LogP contribution is -2.66. The van der Waals surface area contributed by atoms with Crippen molar-refractivity contribution >= 4 is 18.7 Å². The summed E-state index contributed by atoms with van der Waals surface area (Å²) in [6, 6.07) is 84.0. The normalized spacial score (nSPS) is 17.9. The van der Waals surface area contributed by atoms with Gasteiger partial charge in [-0.3, -0.25) is 0 Å². The lowest BCUT2D eigenvalue weighted by Gasteiger charge is -2.47. The van der Waals surface area contributed by atoms with Crippen LogP contribution in [0.15, 0.2) is 243 Å². The van der Waals surface area contributed by atoms with Crippen LogP contribution in [0.5, 0.6) is 0 Å². The number of benzene rings is 8. The molecule has 7 nitrogen and oxygen atoms in total. The van der Waals surface area contributed by atoms with Crippen LogP contribution < -0.4 is 10.4 Å². The Labute approximate surface area is 465 Å². The van der Waals surface area contributed by atoms with Crippen molar-refractivity contribution in [3.63, 3.8) is 0 Å². The minimum absolute atomic E-state index is 0.0441. The third-order valence-corrected chi connectivity index (χ3v) is 20.1. The summed E-state index contributed by atoms with van der Waals surface area (Å²) in [6.07, 6.45) is 2.89. The number of hydrogen-bond acceptors (Lipinski definition) is 7. The fourth-order valence-corrected chi connectivity index (χ4v) is 15.7. The molecule has 8 aromatic carbocycles. The van der Waals surface area contributed by atoms with E-state index in [0.717, 1.165) is 78.5 Å². The molecule has 78 heavy (non-hydrogen) atoms. The zero-order valence-corrected chi connectivity index (χ0v) is 46.8. The van der Waals surface area contributed by atoms with Gasteiger partial charge in [0.15, 0.2) is 6.29 Å². The van der Waals surface area contributed by atoms with Gasteiger partial charge in [0.2, 0.25) is 0 Å². The van der Waals surface area contributed by atoms with Crippen molar-refractivity contribution in [1.82, 2.24) is 0 Å². The van der Waals surface area contributed by atoms with Gasteiger partial charge in [0, 0.05) is 13.2 Å². The first-order valence-corrected chi connectivity index (χ1v) is 30.1. The Bertz CT molecular complexity index is 2760. The van der Waals surface area contributed by atoms with Crippen LogP contribution in [0.3, 0.4) is 0 Å². The van der Waals surface area contributed by atoms with Gasteiger partial charge in [0.1, 0.15) is 30.0 Å². The average molecular weight is 1060 g/mol. The average Bonchev–Trinajstić information content (AvgIpc) is 3.67. The van der Waals surface area contributed by atoms with Gasteiger partial charge in [-0.05, 0) is 61.6 Å². The molecule has 0 radical (unpaired) electrons. The highest BCUT2D eigenvalue weighted by atomic mass is 28.4. The van der Waals surface area contributed by atoms with Crippen molar-refractivity contribution in [2.24, 2.45) is 0 Å². The predicted molar refractivity (Wildman–Crippen MR) is 316 cm³/mol. The molecule has 0 N–H and O–H groups in total. The lowest BCUT2D eigenvalue weighted by molar-refractivity contribution is -0.330. The molecule has 0 bridgehead atoms. The molecule has 8 aromatic rings. The Hall–Kier alpha value is -6.30. The summed E-state index contributed by atoms with van der Waals surface area (Å²) >= 11 is 0. The molecular weight excluding hydrogens is 981 g/mol. The van der Waals surface area contributed by atoms with Gasteiger partial charge in [-0.2, -0.15) is 0 Å². The summed E-state index contributed by atoms with van der Waals surface area (Å²) in [7, 11) is -2.57. The van der Waals surface area contributed by atoms with Crippen LogP contribution in [0, 0.1) is 0 Å². The molecule has 0 spiro atoms. The van der Waals surface area contributed by atoms with Gasteiger partial charge in [-0.1, -0.05) is 289 Å². The molecule has 1 saturated heterocycles. The van der Waals surface area contributed by atoms with Gasteiger partial charge in [-0.25, -0.2) is 0 Å². The SMILES string of the molecule is CC(C)(C)[Si](OCCCCCCCCO[C@@H]1O[C@H](COC(c2ccccc2)(c2ccccc2)c2ccccc2)[C@@H](OCc2ccccc2)[C@H](OCc2ccccc2)[C@H]1OCc1ccccc1)(c1ccccc1)c1ccccc1. The van der Waals surface area contributed by atoms with E-state index >= 15 is 0 Å². The Morgan fingerprint density at radius 1 is 0.372 bits per heavy atom. The molecule has 0 unspecified atom stereocenters. The minimum Gasteiger partial charge on any atom is -0.407 e. The van der Waals surface area contributed by atoms with Crippen molar-refractivity contribution in [2.45, 2.75) is 120 Å². The molecule has 1 aliphatic rings. The summed E-state index contributed by atoms with van der Waals surface area (Å²) in [5.74, 6) is 0. The highest BCUT2D eigenvalue weighted by molar-refractivity contribution is 6.99. The van der Waals surface area contributed by atoms with Crippen LogP contribution in [0.4, 0.5) is 0 Å². The molecular formula is C70H78O7Si. The van der Waals surface area contributed by atoms with E-state index in [9.17, 15) is 0 Å². The summed E-state index contributed by atoms with van der Waals surface area (Å²) in [5.41, 5.74) is 5.13. The maximum Gasteiger partial charge on any atom is 0.261 e. The summed E-state index contributed by atoms with van der Waals surface area (Å²) in [4.78, 5) is 0. The van der Waals surface area contributed by atoms with Gasteiger partial charge in [0.05, 0.1) is 26.4 Å². The topological polar surface area (TPSA) is 64.6 Å². The van der Waals surface area contributed by atoms with E-state index in [4.69, 9.17) is 32.8 Å². The maximum absolute atomic E-state index is 7.55. The summed E-state index contributed by atoms with van der Waals surface area (Å²) in [5, 5.41) is 2.60. The van der Waals surface area contributed by atoms with E-state index in [1.54, 1.807) is 0 Å². The van der Waals surface area contributed by atoms with E-state index < -0.39 is 44.6 Å². The van der Waals surface area contributed by atoms with E-state index in [1.165, 1.54) is 10.4 Å². The molecule has 9 rings (SSSR count). The first-order valence-electron chi connectivity index (χ1n) is 28.1. The molecule has 0 aliphatic carbocycles. The molecule has 0 aromatic heterocycles. The molecule has 1 aliphatic heterocycles. The largest absolute Gasteiger partial charge is 0.407 e. The number of hydrogen-bond donors (Lipinski definition) is 0. The van der Waals surface area contributed by atoms with Gasteiger partial charge in [-0.15, -0.1) is 0 Å². The van der Waals surface area contributed by atoms with Crippen molar-refractivity contribution in [2.75, 3.05) is 19.8 Å². The van der Waals surface area contributed by atoms with E-state index in [1.807, 2.05) is 72.8 Å². The van der Waals surface area contributed by atoms with Crippen LogP contribution in [-0.4, -0.2) is 58.8 Å². The Balaban J connectivity index is 0.946. The zero-order valence-electron chi connectivity index (χ0n) is 45.8. The second kappa shape index (κ2) is 28.5. The maximum atomic E-state index is 7.55. The molecule has 5 atom stereocenters. The summed E-state index contributed by atoms with van der Waals surface area (Å²) < 4.78 is 50.2. The van der Waals surface area contributed by atoms with Crippen molar-refractivity contribution in [1.29, 1.82) is 0 Å². The summed E-state index contributed by atoms with van der Waals surface area (Å²) in [6.45, 7) is 9.41. The highest BCUT2D eigenvalue weighted by Crippen LogP contribution is 2.42. The molecule has 1 heterocycles. The zero-order chi connectivity index (χ0) is 53.7. The predicted octanol–water partition coefficient (Wildman–Crippen LogP) is 14.4. The van der Waals surface area contributed by atoms with Gasteiger partial charge >= 0.3 is 0 Å². The van der Waals surface area contributed by atoms with Crippen molar-refractivity contribution in [3.05, 3.63) is 276 Å². The minimum atomic E-state index is -2.57. The van der Waals surface area contributed by atoms with E-state index in [2.05, 4.69) is 191 Å². The van der Waals surface area contributed by atoms with E-state index in [0.29, 0.717) is 26.4 Å². The van der Waals surface area contributed by atoms with Crippen LogP contribution in [-0.2, 0) is 58.3 Å². The monoisotopic (exact) mass is 1060 g/mol. The molecule has 0 saturated carbocycles. The second-order valence-electron chi connectivity index (χ2n) is 21.4. The highest BCUT2D eigenvalue weighted by Gasteiger charge is 2.52. The Kier molecular flexibility index (Phi) is 20.6. The Morgan fingerprint density at radius 3 is 1.13 bits per heavy atom. The quantitative estimate of drug-likeness (QED) is 0.0275. The molecule has 1 fully saturated rings. The third kappa shape index (κ3) is 14.3. The van der Waals surface area contributed by atoms with Gasteiger partial charge in [0.25, 0.3) is 8.32 Å². The van der Waals surface area contributed by atoms with Crippen molar-refractivity contribution in [3.8, 4) is 0 Å².